The van der Waals surface area contributed by atoms with E-state index in [1.807, 2.05) is 19.2 Å². The first-order valence-electron chi connectivity index (χ1n) is 9.66. The highest BCUT2D eigenvalue weighted by atomic mass is 19.1. The normalized spacial score (nSPS) is 15.7. The van der Waals surface area contributed by atoms with E-state index >= 15 is 0 Å². The summed E-state index contributed by atoms with van der Waals surface area (Å²) < 4.78 is 15.7. The average Bonchev–Trinajstić information content (AvgIpc) is 3.13. The smallest absolute Gasteiger partial charge is 0.191 e. The number of aliphatic imine (C=N–C) groups is 1. The quantitative estimate of drug-likeness (QED) is 0.416. The molecule has 28 heavy (non-hydrogen) atoms. The minimum Gasteiger partial charge on any atom is -0.367 e. The van der Waals surface area contributed by atoms with Gasteiger partial charge in [-0.2, -0.15) is 5.10 Å². The third kappa shape index (κ3) is 5.41. The van der Waals surface area contributed by atoms with Gasteiger partial charge in [0.05, 0.1) is 12.2 Å². The number of anilines is 1. The molecule has 1 saturated heterocycles. The number of aromatic nitrogens is 3. The minimum absolute atomic E-state index is 0.139. The van der Waals surface area contributed by atoms with E-state index in [-0.39, 0.29) is 5.82 Å². The van der Waals surface area contributed by atoms with Crippen molar-refractivity contribution in [2.45, 2.75) is 13.0 Å². The summed E-state index contributed by atoms with van der Waals surface area (Å²) in [5.74, 6) is 1.48. The molecule has 1 aromatic carbocycles. The molecule has 2 N–H and O–H groups in total. The number of rotatable bonds is 7. The van der Waals surface area contributed by atoms with E-state index in [0.717, 1.165) is 57.5 Å². The van der Waals surface area contributed by atoms with Gasteiger partial charge in [0.25, 0.3) is 0 Å². The third-order valence-corrected chi connectivity index (χ3v) is 4.95. The molecule has 0 bridgehead atoms. The molecule has 2 heterocycles. The fourth-order valence-corrected chi connectivity index (χ4v) is 3.29. The van der Waals surface area contributed by atoms with Crippen molar-refractivity contribution in [2.75, 3.05) is 51.2 Å². The molecule has 0 saturated carbocycles. The van der Waals surface area contributed by atoms with Gasteiger partial charge in [-0.1, -0.05) is 12.1 Å². The van der Waals surface area contributed by atoms with Gasteiger partial charge >= 0.3 is 0 Å². The van der Waals surface area contributed by atoms with Gasteiger partial charge in [-0.05, 0) is 25.1 Å². The summed E-state index contributed by atoms with van der Waals surface area (Å²) in [6, 6.07) is 7.01. The van der Waals surface area contributed by atoms with Crippen LogP contribution in [0.2, 0.25) is 0 Å². The number of guanidine groups is 1. The van der Waals surface area contributed by atoms with Crippen molar-refractivity contribution < 1.29 is 4.39 Å². The molecule has 8 nitrogen and oxygen atoms in total. The fourth-order valence-electron chi connectivity index (χ4n) is 3.29. The van der Waals surface area contributed by atoms with Crippen LogP contribution in [0.4, 0.5) is 10.1 Å². The molecule has 1 aromatic heterocycles. The molecule has 0 aliphatic carbocycles. The summed E-state index contributed by atoms with van der Waals surface area (Å²) in [6.07, 6.45) is 2.56. The molecule has 0 unspecified atom stereocenters. The number of para-hydroxylation sites is 1. The highest BCUT2D eigenvalue weighted by molar-refractivity contribution is 5.79. The largest absolute Gasteiger partial charge is 0.367 e. The number of piperazine rings is 1. The van der Waals surface area contributed by atoms with Crippen LogP contribution in [0.5, 0.6) is 0 Å². The van der Waals surface area contributed by atoms with Crippen LogP contribution in [0.25, 0.3) is 0 Å². The Bertz CT molecular complexity index is 767. The fraction of sp³-hybridized carbons (Fsp3) is 0.526. The molecule has 0 atom stereocenters. The number of aryl methyl sites for hydroxylation is 1. The summed E-state index contributed by atoms with van der Waals surface area (Å²) in [7, 11) is 3.63. The van der Waals surface area contributed by atoms with E-state index < -0.39 is 0 Å². The van der Waals surface area contributed by atoms with Crippen molar-refractivity contribution in [3.8, 4) is 0 Å². The Morgan fingerprint density at radius 1 is 1.18 bits per heavy atom. The van der Waals surface area contributed by atoms with E-state index in [0.29, 0.717) is 12.2 Å². The number of hydrogen-bond acceptors (Lipinski definition) is 5. The summed E-state index contributed by atoms with van der Waals surface area (Å²) in [6.45, 7) is 6.05. The minimum atomic E-state index is -0.139. The molecule has 1 fully saturated rings. The Hall–Kier alpha value is -2.68. The van der Waals surface area contributed by atoms with Gasteiger partial charge in [0, 0.05) is 46.8 Å². The number of nitrogens with one attached hydrogen (secondary N) is 2. The van der Waals surface area contributed by atoms with Crippen molar-refractivity contribution in [1.82, 2.24) is 30.3 Å². The topological polar surface area (TPSA) is 73.6 Å². The molecular weight excluding hydrogens is 359 g/mol. The molecule has 2 aromatic rings. The zero-order valence-corrected chi connectivity index (χ0v) is 16.6. The van der Waals surface area contributed by atoms with Crippen LogP contribution >= 0.6 is 0 Å². The van der Waals surface area contributed by atoms with Crippen LogP contribution in [-0.4, -0.2) is 71.9 Å². The lowest BCUT2D eigenvalue weighted by atomic mass is 10.2. The molecule has 1 aliphatic rings. The summed E-state index contributed by atoms with van der Waals surface area (Å²) in [4.78, 5) is 13.0. The molecular formula is C19H29FN8. The third-order valence-electron chi connectivity index (χ3n) is 4.95. The van der Waals surface area contributed by atoms with Gasteiger partial charge < -0.3 is 15.5 Å². The first kappa shape index (κ1) is 20.1. The number of halogens is 1. The Balaban J connectivity index is 1.32. The standard InChI is InChI=1S/C19H29FN8/c1-21-19(23-14-18-24-15-25-26(18)2)22-8-5-9-27-10-12-28(13-11-27)17-7-4-3-6-16(17)20/h3-4,6-7,15H,5,8-14H2,1-2H3,(H2,21,22,23). The maximum absolute atomic E-state index is 13.9. The Labute approximate surface area is 165 Å². The second-order valence-electron chi connectivity index (χ2n) is 6.79. The van der Waals surface area contributed by atoms with Crippen molar-refractivity contribution in [2.24, 2.45) is 12.0 Å². The molecule has 152 valence electrons. The lowest BCUT2D eigenvalue weighted by Crippen LogP contribution is -2.47. The molecule has 3 rings (SSSR count). The van der Waals surface area contributed by atoms with Gasteiger partial charge in [-0.15, -0.1) is 0 Å². The van der Waals surface area contributed by atoms with E-state index in [2.05, 4.69) is 35.5 Å². The van der Waals surface area contributed by atoms with E-state index in [1.165, 1.54) is 6.07 Å². The van der Waals surface area contributed by atoms with Gasteiger partial charge in [0.2, 0.25) is 0 Å². The van der Waals surface area contributed by atoms with Gasteiger partial charge in [-0.25, -0.2) is 9.37 Å². The molecule has 0 radical (unpaired) electrons. The van der Waals surface area contributed by atoms with Gasteiger partial charge in [-0.3, -0.25) is 14.6 Å². The highest BCUT2D eigenvalue weighted by Gasteiger charge is 2.18. The number of benzene rings is 1. The SMILES string of the molecule is CN=C(NCCCN1CCN(c2ccccc2F)CC1)NCc1ncnn1C. The van der Waals surface area contributed by atoms with Crippen molar-refractivity contribution in [3.05, 3.63) is 42.2 Å². The van der Waals surface area contributed by atoms with Crippen LogP contribution in [-0.2, 0) is 13.6 Å². The first-order valence-corrected chi connectivity index (χ1v) is 9.66. The highest BCUT2D eigenvalue weighted by Crippen LogP contribution is 2.20. The molecule has 1 aliphatic heterocycles. The van der Waals surface area contributed by atoms with Crippen LogP contribution in [0.3, 0.4) is 0 Å². The second-order valence-corrected chi connectivity index (χ2v) is 6.79. The zero-order chi connectivity index (χ0) is 19.8. The monoisotopic (exact) mass is 388 g/mol. The van der Waals surface area contributed by atoms with Gasteiger partial charge in [0.1, 0.15) is 18.0 Å². The summed E-state index contributed by atoms with van der Waals surface area (Å²) in [5, 5.41) is 10.6. The van der Waals surface area contributed by atoms with Crippen LogP contribution in [0.15, 0.2) is 35.6 Å². The van der Waals surface area contributed by atoms with Crippen LogP contribution in [0, 0.1) is 5.82 Å². The maximum atomic E-state index is 13.9. The average molecular weight is 388 g/mol. The maximum Gasteiger partial charge on any atom is 0.191 e. The summed E-state index contributed by atoms with van der Waals surface area (Å²) >= 11 is 0. The number of hydrogen-bond donors (Lipinski definition) is 2. The Kier molecular flexibility index (Phi) is 7.18. The lowest BCUT2D eigenvalue weighted by molar-refractivity contribution is 0.254. The van der Waals surface area contributed by atoms with E-state index in [4.69, 9.17) is 0 Å². The lowest BCUT2D eigenvalue weighted by Gasteiger charge is -2.36. The summed E-state index contributed by atoms with van der Waals surface area (Å²) in [5.41, 5.74) is 0.710. The predicted molar refractivity (Wildman–Crippen MR) is 109 cm³/mol. The second kappa shape index (κ2) is 10.0. The molecule has 9 heteroatoms. The van der Waals surface area contributed by atoms with Crippen molar-refractivity contribution in [3.63, 3.8) is 0 Å². The predicted octanol–water partition coefficient (Wildman–Crippen LogP) is 0.831. The van der Waals surface area contributed by atoms with E-state index in [9.17, 15) is 4.39 Å². The van der Waals surface area contributed by atoms with Crippen molar-refractivity contribution >= 4 is 11.6 Å². The van der Waals surface area contributed by atoms with Crippen LogP contribution < -0.4 is 15.5 Å². The molecule has 0 spiro atoms. The van der Waals surface area contributed by atoms with Crippen molar-refractivity contribution in [1.29, 1.82) is 0 Å². The number of nitrogens with zero attached hydrogens (tertiary/aromatic N) is 6. The molecule has 0 amide bonds. The first-order chi connectivity index (χ1) is 13.7. The van der Waals surface area contributed by atoms with Crippen LogP contribution in [0.1, 0.15) is 12.2 Å². The van der Waals surface area contributed by atoms with E-state index in [1.54, 1.807) is 24.1 Å². The zero-order valence-electron chi connectivity index (χ0n) is 16.6. The Morgan fingerprint density at radius 2 is 1.96 bits per heavy atom. The Morgan fingerprint density at radius 3 is 2.64 bits per heavy atom. The van der Waals surface area contributed by atoms with Gasteiger partial charge in [0.15, 0.2) is 5.96 Å².